The highest BCUT2D eigenvalue weighted by molar-refractivity contribution is 5.74. The topological polar surface area (TPSA) is 160 Å². The molecule has 1 aromatic heterocycles. The van der Waals surface area contributed by atoms with Gasteiger partial charge in [-0.05, 0) is 30.5 Å². The van der Waals surface area contributed by atoms with Crippen LogP contribution in [0.25, 0.3) is 0 Å². The minimum atomic E-state index is -0.302. The Balaban J connectivity index is 1.45. The van der Waals surface area contributed by atoms with Crippen LogP contribution in [0.2, 0.25) is 0 Å². The third-order valence-electron chi connectivity index (χ3n) is 6.37. The number of piperidine rings is 1. The fourth-order valence-corrected chi connectivity index (χ4v) is 4.53. The molecule has 3 N–H and O–H groups in total. The Kier molecular flexibility index (Phi) is 8.61. The molecule has 2 atom stereocenters. The number of benzene rings is 1. The first-order valence-corrected chi connectivity index (χ1v) is 12.8. The molecule has 4 rings (SSSR count). The molecule has 2 fully saturated rings. The van der Waals surface area contributed by atoms with Gasteiger partial charge in [0.1, 0.15) is 30.7 Å². The molecule has 0 spiro atoms. The summed E-state index contributed by atoms with van der Waals surface area (Å²) in [5, 5.41) is 12.9. The fraction of sp³-hybridized carbons (Fsp3) is 0.481. The number of aromatic nitrogens is 2. The third kappa shape index (κ3) is 7.00. The number of morpholine rings is 1. The van der Waals surface area contributed by atoms with E-state index >= 15 is 0 Å². The maximum Gasteiger partial charge on any atom is 0.410 e. The summed E-state index contributed by atoms with van der Waals surface area (Å²) in [6, 6.07) is 7.04. The molecule has 0 aliphatic carbocycles. The van der Waals surface area contributed by atoms with Crippen molar-refractivity contribution >= 4 is 36.0 Å². The third-order valence-corrected chi connectivity index (χ3v) is 6.37. The zero-order valence-electron chi connectivity index (χ0n) is 22.6. The van der Waals surface area contributed by atoms with Gasteiger partial charge in [0.25, 0.3) is 0 Å². The van der Waals surface area contributed by atoms with Crippen LogP contribution in [-0.4, -0.2) is 71.6 Å². The second kappa shape index (κ2) is 12.1. The van der Waals surface area contributed by atoms with Crippen LogP contribution >= 0.6 is 0 Å². The van der Waals surface area contributed by atoms with Gasteiger partial charge in [0, 0.05) is 12.8 Å². The number of nitrogens with two attached hydrogens (primary N) is 1. The lowest BCUT2D eigenvalue weighted by molar-refractivity contribution is -0.0928. The summed E-state index contributed by atoms with van der Waals surface area (Å²) in [5.74, 6) is 0.965. The lowest BCUT2D eigenvalue weighted by Gasteiger charge is -2.47. The molecular weight excluding hydrogens is 500 g/mol. The van der Waals surface area contributed by atoms with E-state index in [-0.39, 0.29) is 29.7 Å². The Morgan fingerprint density at radius 2 is 2.05 bits per heavy atom. The van der Waals surface area contributed by atoms with E-state index in [0.717, 1.165) is 6.34 Å². The van der Waals surface area contributed by atoms with Crippen molar-refractivity contribution in [3.05, 3.63) is 35.7 Å². The lowest BCUT2D eigenvalue weighted by atomic mass is 9.92. The number of carbonyl (C=O) groups excluding carboxylic acids is 1. The van der Waals surface area contributed by atoms with Crippen molar-refractivity contribution in [2.24, 2.45) is 21.1 Å². The van der Waals surface area contributed by atoms with Crippen LogP contribution in [0.3, 0.4) is 0 Å². The highest BCUT2D eigenvalue weighted by atomic mass is 16.6. The molecule has 1 aromatic carbocycles. The number of aliphatic imine (C=N–C) groups is 2. The standard InChI is InChI=1S/C27H34N8O4/c1-17-24(34-23-6-5-19(7-18(23)10-28)31-15-30-14-29)32-16-33-25(17)39-22-8-20-11-37-12-21(9-22)35(20)26(36)38-13-27(2,3)4/h5-7,14-16,20-22H,8-9,11-13H2,1-4H3,(H2,29,30,31)(H,32,33,34). The molecule has 2 aliphatic rings. The van der Waals surface area contributed by atoms with E-state index in [0.29, 0.717) is 66.9 Å². The van der Waals surface area contributed by atoms with Crippen molar-refractivity contribution < 1.29 is 19.0 Å². The molecule has 12 heteroatoms. The number of nitrogens with zero attached hydrogens (tertiary/aromatic N) is 6. The second-order valence-corrected chi connectivity index (χ2v) is 10.7. The molecule has 0 radical (unpaired) electrons. The summed E-state index contributed by atoms with van der Waals surface area (Å²) in [6.45, 7) is 9.17. The maximum atomic E-state index is 12.9. The number of fused-ring (bicyclic) bond motifs is 2. The number of amides is 1. The van der Waals surface area contributed by atoms with Gasteiger partial charge in [-0.25, -0.2) is 24.7 Å². The van der Waals surface area contributed by atoms with Crippen LogP contribution in [0.4, 0.5) is 22.0 Å². The monoisotopic (exact) mass is 534 g/mol. The molecule has 2 aromatic rings. The Morgan fingerprint density at radius 3 is 2.72 bits per heavy atom. The summed E-state index contributed by atoms with van der Waals surface area (Å²) in [6.07, 6.45) is 4.60. The SMILES string of the molecule is Cc1c(Nc2ccc(N=CN=CN)cc2C#N)ncnc1OC1CC2COCC(C1)N2C(=O)OCC(C)(C)C. The molecule has 3 heterocycles. The van der Waals surface area contributed by atoms with E-state index in [4.69, 9.17) is 19.9 Å². The van der Waals surface area contributed by atoms with Gasteiger partial charge in [0.05, 0.1) is 60.7 Å². The van der Waals surface area contributed by atoms with Crippen LogP contribution in [0.15, 0.2) is 34.5 Å². The lowest BCUT2D eigenvalue weighted by Crippen LogP contribution is -2.61. The minimum Gasteiger partial charge on any atom is -0.474 e. The molecular formula is C27H34N8O4. The summed E-state index contributed by atoms with van der Waals surface area (Å²) < 4.78 is 17.7. The molecule has 0 saturated carbocycles. The first-order chi connectivity index (χ1) is 18.7. The largest absolute Gasteiger partial charge is 0.474 e. The predicted octanol–water partition coefficient (Wildman–Crippen LogP) is 3.84. The number of carbonyl (C=O) groups is 1. The van der Waals surface area contributed by atoms with Gasteiger partial charge in [-0.15, -0.1) is 0 Å². The average Bonchev–Trinajstić information content (AvgIpc) is 2.89. The molecule has 12 nitrogen and oxygen atoms in total. The normalized spacial score (nSPS) is 21.1. The molecule has 2 unspecified atom stereocenters. The zero-order chi connectivity index (χ0) is 28.0. The number of anilines is 2. The van der Waals surface area contributed by atoms with Crippen molar-refractivity contribution in [1.29, 1.82) is 5.26 Å². The van der Waals surface area contributed by atoms with Crippen molar-refractivity contribution in [3.8, 4) is 11.9 Å². The molecule has 206 valence electrons. The summed E-state index contributed by atoms with van der Waals surface area (Å²) in [4.78, 5) is 31.3. The average molecular weight is 535 g/mol. The zero-order valence-corrected chi connectivity index (χ0v) is 22.6. The van der Waals surface area contributed by atoms with Crippen molar-refractivity contribution in [2.45, 2.75) is 58.7 Å². The van der Waals surface area contributed by atoms with Crippen molar-refractivity contribution in [3.63, 3.8) is 0 Å². The number of ether oxygens (including phenoxy) is 3. The van der Waals surface area contributed by atoms with Crippen molar-refractivity contribution in [1.82, 2.24) is 14.9 Å². The van der Waals surface area contributed by atoms with E-state index in [1.54, 1.807) is 18.2 Å². The van der Waals surface area contributed by atoms with Gasteiger partial charge in [-0.3, -0.25) is 4.90 Å². The van der Waals surface area contributed by atoms with Gasteiger partial charge in [0.15, 0.2) is 0 Å². The Morgan fingerprint density at radius 1 is 1.31 bits per heavy atom. The highest BCUT2D eigenvalue weighted by Gasteiger charge is 2.43. The smallest absolute Gasteiger partial charge is 0.410 e. The van der Waals surface area contributed by atoms with E-state index in [9.17, 15) is 10.1 Å². The highest BCUT2D eigenvalue weighted by Crippen LogP contribution is 2.33. The Labute approximate surface area is 227 Å². The van der Waals surface area contributed by atoms with Crippen LogP contribution in [0, 0.1) is 23.7 Å². The van der Waals surface area contributed by atoms with Gasteiger partial charge >= 0.3 is 6.09 Å². The maximum absolute atomic E-state index is 12.9. The van der Waals surface area contributed by atoms with Gasteiger partial charge < -0.3 is 25.3 Å². The Bertz CT molecular complexity index is 1270. The van der Waals surface area contributed by atoms with Gasteiger partial charge in [-0.2, -0.15) is 5.26 Å². The first-order valence-electron chi connectivity index (χ1n) is 12.8. The molecule has 2 bridgehead atoms. The predicted molar refractivity (Wildman–Crippen MR) is 147 cm³/mol. The van der Waals surface area contributed by atoms with Gasteiger partial charge in [-0.1, -0.05) is 20.8 Å². The molecule has 1 amide bonds. The quantitative estimate of drug-likeness (QED) is 0.397. The molecule has 2 saturated heterocycles. The van der Waals surface area contributed by atoms with E-state index < -0.39 is 0 Å². The number of hydrogen-bond donors (Lipinski definition) is 2. The number of hydrogen-bond acceptors (Lipinski definition) is 9. The van der Waals surface area contributed by atoms with E-state index in [2.05, 4.69) is 31.3 Å². The molecule has 2 aliphatic heterocycles. The van der Waals surface area contributed by atoms with Crippen LogP contribution in [-0.2, 0) is 9.47 Å². The second-order valence-electron chi connectivity index (χ2n) is 10.7. The van der Waals surface area contributed by atoms with Crippen LogP contribution in [0.1, 0.15) is 44.7 Å². The summed E-state index contributed by atoms with van der Waals surface area (Å²) >= 11 is 0. The fourth-order valence-electron chi connectivity index (χ4n) is 4.53. The summed E-state index contributed by atoms with van der Waals surface area (Å²) in [7, 11) is 0. The van der Waals surface area contributed by atoms with E-state index in [1.165, 1.54) is 12.7 Å². The Hall–Kier alpha value is -4.24. The number of nitriles is 1. The number of nitrogens with one attached hydrogen (secondary N) is 1. The summed E-state index contributed by atoms with van der Waals surface area (Å²) in [5.41, 5.74) is 7.33. The minimum absolute atomic E-state index is 0.109. The van der Waals surface area contributed by atoms with Crippen molar-refractivity contribution in [2.75, 3.05) is 25.1 Å². The first kappa shape index (κ1) is 27.8. The van der Waals surface area contributed by atoms with Crippen LogP contribution in [0.5, 0.6) is 5.88 Å². The van der Waals surface area contributed by atoms with Crippen LogP contribution < -0.4 is 15.8 Å². The molecule has 39 heavy (non-hydrogen) atoms. The number of rotatable bonds is 7. The van der Waals surface area contributed by atoms with Gasteiger partial charge in [0.2, 0.25) is 5.88 Å². The van der Waals surface area contributed by atoms with E-state index in [1.807, 2.05) is 32.6 Å².